The Kier molecular flexibility index (Phi) is 6.91. The van der Waals surface area contributed by atoms with Crippen molar-refractivity contribution in [1.82, 2.24) is 9.88 Å². The van der Waals surface area contributed by atoms with E-state index < -0.39 is 0 Å². The van der Waals surface area contributed by atoms with Crippen LogP contribution >= 0.6 is 0 Å². The van der Waals surface area contributed by atoms with Crippen molar-refractivity contribution in [3.05, 3.63) is 39.7 Å². The first-order chi connectivity index (χ1) is 14.2. The number of fused-ring (bicyclic) bond motifs is 1. The third kappa shape index (κ3) is 5.63. The van der Waals surface area contributed by atoms with Crippen LogP contribution in [-0.2, 0) is 6.42 Å². The normalized spacial score (nSPS) is 17.3. The zero-order valence-corrected chi connectivity index (χ0v) is 18.0. The predicted octanol–water partition coefficient (Wildman–Crippen LogP) is 5.21. The molecule has 2 aromatic rings. The Morgan fingerprint density at radius 3 is 2.72 bits per heavy atom. The number of nitrogens with zero attached hydrogens (tertiary/aromatic N) is 1. The minimum absolute atomic E-state index is 0.0276. The Morgan fingerprint density at radius 1 is 1.10 bits per heavy atom. The van der Waals surface area contributed by atoms with E-state index in [4.69, 9.17) is 4.74 Å². The SMILES string of the molecule is Cc1ccc2c(OCCCN3CCCC3)c(CCCCCC3CC3)c(=O)[nH]c2c1. The number of benzene rings is 1. The van der Waals surface area contributed by atoms with Crippen molar-refractivity contribution in [1.29, 1.82) is 0 Å². The molecule has 4 rings (SSSR count). The molecule has 1 aliphatic carbocycles. The first-order valence-corrected chi connectivity index (χ1v) is 11.7. The van der Waals surface area contributed by atoms with Gasteiger partial charge in [-0.2, -0.15) is 0 Å². The molecule has 0 atom stereocenters. The average molecular weight is 397 g/mol. The van der Waals surface area contributed by atoms with Gasteiger partial charge >= 0.3 is 0 Å². The summed E-state index contributed by atoms with van der Waals surface area (Å²) in [5, 5.41) is 1.05. The molecular formula is C25H36N2O2. The maximum atomic E-state index is 12.8. The third-order valence-corrected chi connectivity index (χ3v) is 6.52. The molecule has 1 aliphatic heterocycles. The molecule has 0 unspecified atom stereocenters. The van der Waals surface area contributed by atoms with Gasteiger partial charge in [0.05, 0.1) is 17.7 Å². The average Bonchev–Trinajstić information content (AvgIpc) is 3.38. The highest BCUT2D eigenvalue weighted by Gasteiger charge is 2.20. The molecule has 1 saturated carbocycles. The molecule has 0 amide bonds. The summed E-state index contributed by atoms with van der Waals surface area (Å²) in [6.45, 7) is 6.27. The highest BCUT2D eigenvalue weighted by Crippen LogP contribution is 2.34. The van der Waals surface area contributed by atoms with Gasteiger partial charge in [-0.25, -0.2) is 0 Å². The molecule has 1 saturated heterocycles. The second-order valence-electron chi connectivity index (χ2n) is 9.10. The zero-order chi connectivity index (χ0) is 20.1. The smallest absolute Gasteiger partial charge is 0.255 e. The van der Waals surface area contributed by atoms with Gasteiger partial charge in [0.1, 0.15) is 5.75 Å². The molecule has 2 heterocycles. The van der Waals surface area contributed by atoms with Crippen LogP contribution in [0.3, 0.4) is 0 Å². The lowest BCUT2D eigenvalue weighted by molar-refractivity contribution is 0.263. The Hall–Kier alpha value is -1.81. The third-order valence-electron chi connectivity index (χ3n) is 6.52. The lowest BCUT2D eigenvalue weighted by Crippen LogP contribution is -2.22. The summed E-state index contributed by atoms with van der Waals surface area (Å²) in [6, 6.07) is 6.26. The number of unbranched alkanes of at least 4 members (excludes halogenated alkanes) is 2. The largest absolute Gasteiger partial charge is 0.492 e. The lowest BCUT2D eigenvalue weighted by atomic mass is 10.0. The molecule has 2 aliphatic rings. The number of pyridine rings is 1. The second-order valence-corrected chi connectivity index (χ2v) is 9.10. The van der Waals surface area contributed by atoms with Gasteiger partial charge in [0.15, 0.2) is 0 Å². The molecule has 4 heteroatoms. The maximum Gasteiger partial charge on any atom is 0.255 e. The molecule has 4 nitrogen and oxygen atoms in total. The van der Waals surface area contributed by atoms with Crippen LogP contribution in [0, 0.1) is 12.8 Å². The molecule has 1 N–H and O–H groups in total. The molecule has 0 radical (unpaired) electrons. The topological polar surface area (TPSA) is 45.3 Å². The monoisotopic (exact) mass is 396 g/mol. The molecule has 1 aromatic carbocycles. The predicted molar refractivity (Wildman–Crippen MR) is 120 cm³/mol. The number of aromatic amines is 1. The van der Waals surface area contributed by atoms with E-state index in [0.717, 1.165) is 59.5 Å². The molecule has 29 heavy (non-hydrogen) atoms. The summed E-state index contributed by atoms with van der Waals surface area (Å²) in [5.74, 6) is 1.82. The van der Waals surface area contributed by atoms with Crippen LogP contribution in [0.1, 0.15) is 68.9 Å². The van der Waals surface area contributed by atoms with Gasteiger partial charge in [-0.15, -0.1) is 0 Å². The number of H-pyrrole nitrogens is 1. The van der Waals surface area contributed by atoms with Gasteiger partial charge in [0.25, 0.3) is 5.56 Å². The fourth-order valence-electron chi connectivity index (χ4n) is 4.60. The van der Waals surface area contributed by atoms with Crippen molar-refractivity contribution in [2.75, 3.05) is 26.2 Å². The van der Waals surface area contributed by atoms with Gasteiger partial charge in [-0.05, 0) is 75.7 Å². The van der Waals surface area contributed by atoms with E-state index >= 15 is 0 Å². The van der Waals surface area contributed by atoms with Crippen LogP contribution in [0.5, 0.6) is 5.75 Å². The number of hydrogen-bond donors (Lipinski definition) is 1. The number of aromatic nitrogens is 1. The van der Waals surface area contributed by atoms with Gasteiger partial charge in [0, 0.05) is 11.9 Å². The quantitative estimate of drug-likeness (QED) is 0.530. The van der Waals surface area contributed by atoms with Crippen molar-refractivity contribution in [2.45, 2.75) is 71.1 Å². The number of ether oxygens (including phenoxy) is 1. The van der Waals surface area contributed by atoms with E-state index in [-0.39, 0.29) is 5.56 Å². The van der Waals surface area contributed by atoms with Crippen LogP contribution in [0.4, 0.5) is 0 Å². The van der Waals surface area contributed by atoms with Crippen LogP contribution in [0.25, 0.3) is 10.9 Å². The molecule has 2 fully saturated rings. The summed E-state index contributed by atoms with van der Waals surface area (Å²) in [4.78, 5) is 18.5. The molecular weight excluding hydrogens is 360 g/mol. The Morgan fingerprint density at radius 2 is 1.93 bits per heavy atom. The summed E-state index contributed by atoms with van der Waals surface area (Å²) in [6.07, 6.45) is 12.3. The van der Waals surface area contributed by atoms with E-state index in [1.807, 2.05) is 6.07 Å². The van der Waals surface area contributed by atoms with Crippen LogP contribution < -0.4 is 10.3 Å². The van der Waals surface area contributed by atoms with Gasteiger partial charge < -0.3 is 14.6 Å². The summed E-state index contributed by atoms with van der Waals surface area (Å²) >= 11 is 0. The number of rotatable bonds is 11. The van der Waals surface area contributed by atoms with Crippen LogP contribution in [0.15, 0.2) is 23.0 Å². The highest BCUT2D eigenvalue weighted by atomic mass is 16.5. The molecule has 0 spiro atoms. The Bertz CT molecular complexity index is 863. The summed E-state index contributed by atoms with van der Waals surface area (Å²) < 4.78 is 6.29. The fourth-order valence-corrected chi connectivity index (χ4v) is 4.60. The molecule has 0 bridgehead atoms. The standard InChI is InChI=1S/C25H36N2O2/c1-19-10-13-21-23(18-19)26-25(28)22(9-4-2-3-8-20-11-12-20)24(21)29-17-7-16-27-14-5-6-15-27/h10,13,18,20H,2-9,11-12,14-17H2,1H3,(H,26,28). The van der Waals surface area contributed by atoms with Crippen molar-refractivity contribution < 1.29 is 4.74 Å². The number of aryl methyl sites for hydroxylation is 1. The summed E-state index contributed by atoms with van der Waals surface area (Å²) in [5.41, 5.74) is 2.91. The van der Waals surface area contributed by atoms with Crippen molar-refractivity contribution in [3.8, 4) is 5.75 Å². The Labute approximate surface area is 174 Å². The van der Waals surface area contributed by atoms with Crippen LogP contribution in [0.2, 0.25) is 0 Å². The number of hydrogen-bond acceptors (Lipinski definition) is 3. The van der Waals surface area contributed by atoms with Crippen molar-refractivity contribution in [2.24, 2.45) is 5.92 Å². The number of likely N-dealkylation sites (tertiary alicyclic amines) is 1. The lowest BCUT2D eigenvalue weighted by Gasteiger charge is -2.17. The van der Waals surface area contributed by atoms with Gasteiger partial charge in [0.2, 0.25) is 0 Å². The maximum absolute atomic E-state index is 12.8. The van der Waals surface area contributed by atoms with E-state index in [0.29, 0.717) is 6.61 Å². The van der Waals surface area contributed by atoms with E-state index in [1.54, 1.807) is 0 Å². The Balaban J connectivity index is 1.43. The van der Waals surface area contributed by atoms with Gasteiger partial charge in [-0.3, -0.25) is 4.79 Å². The first-order valence-electron chi connectivity index (χ1n) is 11.7. The molecule has 1 aromatic heterocycles. The van der Waals surface area contributed by atoms with Crippen molar-refractivity contribution >= 4 is 10.9 Å². The minimum atomic E-state index is 0.0276. The van der Waals surface area contributed by atoms with E-state index in [1.165, 1.54) is 58.0 Å². The second kappa shape index (κ2) is 9.80. The van der Waals surface area contributed by atoms with Gasteiger partial charge in [-0.1, -0.05) is 38.2 Å². The highest BCUT2D eigenvalue weighted by molar-refractivity contribution is 5.86. The van der Waals surface area contributed by atoms with Crippen molar-refractivity contribution in [3.63, 3.8) is 0 Å². The van der Waals surface area contributed by atoms with E-state index in [9.17, 15) is 4.79 Å². The first kappa shape index (κ1) is 20.5. The van der Waals surface area contributed by atoms with E-state index in [2.05, 4.69) is 28.9 Å². The summed E-state index contributed by atoms with van der Waals surface area (Å²) in [7, 11) is 0. The number of nitrogens with one attached hydrogen (secondary N) is 1. The minimum Gasteiger partial charge on any atom is -0.492 e. The zero-order valence-electron chi connectivity index (χ0n) is 18.0. The molecule has 158 valence electrons. The van der Waals surface area contributed by atoms with Crippen LogP contribution in [-0.4, -0.2) is 36.1 Å². The fraction of sp³-hybridized carbons (Fsp3) is 0.640.